The smallest absolute Gasteiger partial charge is 0.0620 e. The van der Waals surface area contributed by atoms with Gasteiger partial charge in [0.25, 0.3) is 0 Å². The van der Waals surface area contributed by atoms with E-state index in [4.69, 9.17) is 0 Å². The van der Waals surface area contributed by atoms with Gasteiger partial charge >= 0.3 is 0 Å². The maximum absolute atomic E-state index is 9.77. The Hall–Kier alpha value is -0.0800. The summed E-state index contributed by atoms with van der Waals surface area (Å²) >= 11 is 0. The highest BCUT2D eigenvalue weighted by atomic mass is 16.3. The van der Waals surface area contributed by atoms with Gasteiger partial charge in [-0.25, -0.2) is 0 Å². The topological polar surface area (TPSA) is 32.3 Å². The summed E-state index contributed by atoms with van der Waals surface area (Å²) in [6.07, 6.45) is -0.101. The Balaban J connectivity index is 2.32. The van der Waals surface area contributed by atoms with Crippen LogP contribution in [0.2, 0.25) is 0 Å². The summed E-state index contributed by atoms with van der Waals surface area (Å²) in [7, 11) is 0. The fraction of sp³-hybridized carbons (Fsp3) is 1.00. The molecule has 2 heteroatoms. The van der Waals surface area contributed by atoms with E-state index in [1.54, 1.807) is 0 Å². The van der Waals surface area contributed by atoms with E-state index in [1.165, 1.54) is 0 Å². The van der Waals surface area contributed by atoms with Crippen LogP contribution in [0.4, 0.5) is 0 Å². The lowest BCUT2D eigenvalue weighted by molar-refractivity contribution is 0.0167. The van der Waals surface area contributed by atoms with Crippen molar-refractivity contribution in [2.24, 2.45) is 17.8 Å². The largest absolute Gasteiger partial charge is 0.392 e. The first kappa shape index (κ1) is 9.01. The van der Waals surface area contributed by atoms with Crippen LogP contribution in [0.15, 0.2) is 0 Å². The zero-order valence-corrected chi connectivity index (χ0v) is 7.67. The highest BCUT2D eigenvalue weighted by molar-refractivity contribution is 4.84. The van der Waals surface area contributed by atoms with Crippen LogP contribution in [0, 0.1) is 17.8 Å². The zero-order valence-electron chi connectivity index (χ0n) is 7.67. The third kappa shape index (κ3) is 1.94. The monoisotopic (exact) mass is 157 g/mol. The van der Waals surface area contributed by atoms with Crippen molar-refractivity contribution in [2.75, 3.05) is 13.1 Å². The van der Waals surface area contributed by atoms with Crippen molar-refractivity contribution in [1.82, 2.24) is 5.32 Å². The number of aliphatic hydroxyl groups excluding tert-OH is 1. The van der Waals surface area contributed by atoms with Gasteiger partial charge in [0.2, 0.25) is 0 Å². The van der Waals surface area contributed by atoms with E-state index in [2.05, 4.69) is 26.1 Å². The van der Waals surface area contributed by atoms with E-state index in [-0.39, 0.29) is 6.10 Å². The summed E-state index contributed by atoms with van der Waals surface area (Å²) in [5, 5.41) is 12.9. The number of nitrogens with one attached hydrogen (secondary N) is 1. The molecule has 0 radical (unpaired) electrons. The number of hydrogen-bond donors (Lipinski definition) is 2. The van der Waals surface area contributed by atoms with Crippen molar-refractivity contribution in [3.8, 4) is 0 Å². The Labute approximate surface area is 69.0 Å². The van der Waals surface area contributed by atoms with Gasteiger partial charge in [0, 0.05) is 19.0 Å². The number of rotatable bonds is 3. The van der Waals surface area contributed by atoms with Crippen molar-refractivity contribution < 1.29 is 5.11 Å². The molecule has 1 aliphatic heterocycles. The molecule has 1 heterocycles. The predicted octanol–water partition coefficient (Wildman–Crippen LogP) is 0.859. The van der Waals surface area contributed by atoms with E-state index in [9.17, 15) is 5.11 Å². The second-order valence-corrected chi connectivity index (χ2v) is 4.01. The normalized spacial score (nSPS) is 24.8. The van der Waals surface area contributed by atoms with Crippen LogP contribution in [0.5, 0.6) is 0 Å². The zero-order chi connectivity index (χ0) is 8.43. The van der Waals surface area contributed by atoms with Gasteiger partial charge in [-0.1, -0.05) is 20.8 Å². The van der Waals surface area contributed by atoms with E-state index in [0.29, 0.717) is 17.8 Å². The molecule has 1 aliphatic rings. The molecule has 0 amide bonds. The Bertz CT molecular complexity index is 121. The molecular weight excluding hydrogens is 138 g/mol. The molecule has 0 aliphatic carbocycles. The van der Waals surface area contributed by atoms with E-state index < -0.39 is 0 Å². The van der Waals surface area contributed by atoms with Gasteiger partial charge < -0.3 is 10.4 Å². The highest BCUT2D eigenvalue weighted by Crippen LogP contribution is 2.22. The second-order valence-electron chi connectivity index (χ2n) is 4.01. The van der Waals surface area contributed by atoms with E-state index >= 15 is 0 Å². The van der Waals surface area contributed by atoms with E-state index in [1.807, 2.05) is 0 Å². The first-order valence-electron chi connectivity index (χ1n) is 4.51. The molecule has 0 aromatic carbocycles. The second kappa shape index (κ2) is 3.55. The summed E-state index contributed by atoms with van der Waals surface area (Å²) in [6, 6.07) is 0. The Morgan fingerprint density at radius 1 is 1.27 bits per heavy atom. The molecule has 2 atom stereocenters. The van der Waals surface area contributed by atoms with Crippen LogP contribution < -0.4 is 5.32 Å². The molecule has 0 spiro atoms. The summed E-state index contributed by atoms with van der Waals surface area (Å²) in [4.78, 5) is 0. The summed E-state index contributed by atoms with van der Waals surface area (Å²) in [5.74, 6) is 1.53. The standard InChI is InChI=1S/C9H19NO/c1-6(2)7(3)9(11)8-4-10-5-8/h6-11H,4-5H2,1-3H3. The highest BCUT2D eigenvalue weighted by Gasteiger charge is 2.30. The minimum absolute atomic E-state index is 0.101. The predicted molar refractivity (Wildman–Crippen MR) is 46.4 cm³/mol. The molecular formula is C9H19NO. The van der Waals surface area contributed by atoms with Crippen LogP contribution in [-0.2, 0) is 0 Å². The van der Waals surface area contributed by atoms with Gasteiger partial charge in [0.05, 0.1) is 6.10 Å². The quantitative estimate of drug-likeness (QED) is 0.637. The maximum Gasteiger partial charge on any atom is 0.0620 e. The fourth-order valence-corrected chi connectivity index (χ4v) is 1.38. The lowest BCUT2D eigenvalue weighted by Crippen LogP contribution is -2.51. The van der Waals surface area contributed by atoms with Gasteiger partial charge in [0.1, 0.15) is 0 Å². The van der Waals surface area contributed by atoms with Crippen LogP contribution >= 0.6 is 0 Å². The maximum atomic E-state index is 9.77. The molecule has 1 fully saturated rings. The molecule has 2 unspecified atom stereocenters. The number of aliphatic hydroxyl groups is 1. The molecule has 0 aromatic heterocycles. The fourth-order valence-electron chi connectivity index (χ4n) is 1.38. The molecule has 2 N–H and O–H groups in total. The van der Waals surface area contributed by atoms with Gasteiger partial charge in [-0.15, -0.1) is 0 Å². The molecule has 1 rings (SSSR count). The van der Waals surface area contributed by atoms with Crippen molar-refractivity contribution in [2.45, 2.75) is 26.9 Å². The molecule has 0 saturated carbocycles. The summed E-state index contributed by atoms with van der Waals surface area (Å²) in [6.45, 7) is 8.46. The van der Waals surface area contributed by atoms with Crippen LogP contribution in [0.3, 0.4) is 0 Å². The Morgan fingerprint density at radius 2 is 1.82 bits per heavy atom. The molecule has 0 aromatic rings. The van der Waals surface area contributed by atoms with Gasteiger partial charge in [-0.3, -0.25) is 0 Å². The minimum atomic E-state index is -0.101. The first-order valence-corrected chi connectivity index (χ1v) is 4.51. The van der Waals surface area contributed by atoms with Crippen molar-refractivity contribution in [3.63, 3.8) is 0 Å². The number of hydrogen-bond acceptors (Lipinski definition) is 2. The van der Waals surface area contributed by atoms with Crippen LogP contribution in [0.1, 0.15) is 20.8 Å². The Kier molecular flexibility index (Phi) is 2.90. The lowest BCUT2D eigenvalue weighted by atomic mass is 9.82. The van der Waals surface area contributed by atoms with Crippen LogP contribution in [-0.4, -0.2) is 24.3 Å². The van der Waals surface area contributed by atoms with Gasteiger partial charge in [0.15, 0.2) is 0 Å². The van der Waals surface area contributed by atoms with E-state index in [0.717, 1.165) is 13.1 Å². The third-order valence-electron chi connectivity index (χ3n) is 2.89. The van der Waals surface area contributed by atoms with Crippen molar-refractivity contribution >= 4 is 0 Å². The molecule has 1 saturated heterocycles. The van der Waals surface area contributed by atoms with Crippen LogP contribution in [0.25, 0.3) is 0 Å². The summed E-state index contributed by atoms with van der Waals surface area (Å²) in [5.41, 5.74) is 0. The van der Waals surface area contributed by atoms with Crippen molar-refractivity contribution in [1.29, 1.82) is 0 Å². The third-order valence-corrected chi connectivity index (χ3v) is 2.89. The Morgan fingerprint density at radius 3 is 2.09 bits per heavy atom. The molecule has 11 heavy (non-hydrogen) atoms. The van der Waals surface area contributed by atoms with Gasteiger partial charge in [-0.2, -0.15) is 0 Å². The molecule has 0 bridgehead atoms. The molecule has 66 valence electrons. The SMILES string of the molecule is CC(C)C(C)C(O)C1CNC1. The average molecular weight is 157 g/mol. The summed E-state index contributed by atoms with van der Waals surface area (Å²) < 4.78 is 0. The van der Waals surface area contributed by atoms with Gasteiger partial charge in [-0.05, 0) is 11.8 Å². The lowest BCUT2D eigenvalue weighted by Gasteiger charge is -2.36. The van der Waals surface area contributed by atoms with Crippen molar-refractivity contribution in [3.05, 3.63) is 0 Å². The minimum Gasteiger partial charge on any atom is -0.392 e. The first-order chi connectivity index (χ1) is 5.13. The average Bonchev–Trinajstić information content (AvgIpc) is 1.82. The molecule has 2 nitrogen and oxygen atoms in total.